The van der Waals surface area contributed by atoms with Gasteiger partial charge < -0.3 is 0 Å². The first-order valence-corrected chi connectivity index (χ1v) is 14.7. The van der Waals surface area contributed by atoms with Gasteiger partial charge in [0.25, 0.3) is 0 Å². The van der Waals surface area contributed by atoms with E-state index in [1.54, 1.807) is 11.8 Å². The second-order valence-electron chi connectivity index (χ2n) is 8.09. The molecule has 6 rings (SSSR count). The topological polar surface area (TPSA) is 17.1 Å². The van der Waals surface area contributed by atoms with Crippen LogP contribution in [0.3, 0.4) is 0 Å². The molecule has 23 radical (unpaired) electrons. The van der Waals surface area contributed by atoms with Crippen LogP contribution in [0.5, 0.6) is 0 Å². The Labute approximate surface area is 274 Å². The minimum atomic E-state index is -0.780. The van der Waals surface area contributed by atoms with E-state index in [0.29, 0.717) is 0 Å². The molecule has 197 valence electrons. The largest absolute Gasteiger partial charge is 2.00 e. The normalized spacial score (nSPS) is 19.4. The average molecular weight is 639 g/mol. The van der Waals surface area contributed by atoms with Gasteiger partial charge in [0, 0.05) is 19.3 Å². The molecule has 0 heterocycles. The number of Topliss-reactive ketones (excluding diaryl/α,β-unsaturated/α-hetero) is 1. The Balaban J connectivity index is 0.000000519. The Morgan fingerprint density at radius 3 is 1.38 bits per heavy atom. The van der Waals surface area contributed by atoms with E-state index in [1.165, 1.54) is 10.6 Å². The van der Waals surface area contributed by atoms with E-state index in [-0.39, 0.29) is 48.3 Å². The summed E-state index contributed by atoms with van der Waals surface area (Å²) in [6, 6.07) is 21.0. The summed E-state index contributed by atoms with van der Waals surface area (Å²) >= 11 is 1.62. The van der Waals surface area contributed by atoms with Crippen LogP contribution in [0.1, 0.15) is 0 Å². The summed E-state index contributed by atoms with van der Waals surface area (Å²) in [5.74, 6) is 1.73. The van der Waals surface area contributed by atoms with Crippen molar-refractivity contribution in [1.82, 2.24) is 0 Å². The first-order chi connectivity index (χ1) is 18.3. The molecule has 4 saturated carbocycles. The summed E-state index contributed by atoms with van der Waals surface area (Å²) in [7, 11) is -0.780. The fourth-order valence-corrected chi connectivity index (χ4v) is 6.98. The predicted molar refractivity (Wildman–Crippen MR) is 165 cm³/mol. The standard InChI is InChI=1S/C24H19OPS.2C5H5.B.2Fe/c1-27-23-17-9-15-21(23)24(25)20-14-8-16-22(20)26(18-10-4-2-5-11-18)19-12-6-3-7-13-19;2*1-2-4-5-3-1;;;/h2-17H,1H3;2*1-5H;;;/q;;;;2*+2. The van der Waals surface area contributed by atoms with Crippen molar-refractivity contribution in [3.8, 4) is 0 Å². The molecule has 0 amide bonds. The van der Waals surface area contributed by atoms with E-state index in [0.717, 1.165) is 22.7 Å². The van der Waals surface area contributed by atoms with E-state index in [2.05, 4.69) is 55.0 Å². The van der Waals surface area contributed by atoms with Crippen LogP contribution in [-0.2, 0) is 38.9 Å². The van der Waals surface area contributed by atoms with Crippen LogP contribution in [0.25, 0.3) is 0 Å². The molecule has 6 heteroatoms. The molecule has 0 N–H and O–H groups in total. The third-order valence-electron chi connectivity index (χ3n) is 5.66. The van der Waals surface area contributed by atoms with E-state index in [1.807, 2.05) is 115 Å². The fraction of sp³-hybridized carbons (Fsp3) is 0.0294. The molecule has 2 aromatic carbocycles. The molecule has 0 aliphatic heterocycles. The summed E-state index contributed by atoms with van der Waals surface area (Å²) in [6.45, 7) is 0. The van der Waals surface area contributed by atoms with Crippen LogP contribution in [0, 0.1) is 125 Å². The van der Waals surface area contributed by atoms with E-state index in [9.17, 15) is 4.79 Å². The fourth-order valence-electron chi connectivity index (χ4n) is 3.93. The number of hydrogen-bond donors (Lipinski definition) is 0. The molecule has 0 bridgehead atoms. The molecule has 0 atom stereocenters. The van der Waals surface area contributed by atoms with Gasteiger partial charge >= 0.3 is 34.1 Å². The van der Waals surface area contributed by atoms with Crippen LogP contribution in [0.4, 0.5) is 0 Å². The maximum Gasteiger partial charge on any atom is 2.00 e. The molecule has 2 aromatic rings. The van der Waals surface area contributed by atoms with Crippen molar-refractivity contribution in [2.75, 3.05) is 6.26 Å². The van der Waals surface area contributed by atoms with E-state index < -0.39 is 7.92 Å². The third kappa shape index (κ3) is 11.2. The number of hydrogen-bond acceptors (Lipinski definition) is 2. The van der Waals surface area contributed by atoms with Crippen molar-refractivity contribution in [2.24, 2.45) is 0 Å². The average Bonchev–Trinajstić information content (AvgIpc) is 3.79. The van der Waals surface area contributed by atoms with Gasteiger partial charge in [0.1, 0.15) is 5.78 Å². The molecule has 0 saturated heterocycles. The molecule has 1 nitrogen and oxygen atoms in total. The van der Waals surface area contributed by atoms with Gasteiger partial charge in [-0.25, -0.2) is 0 Å². The van der Waals surface area contributed by atoms with Crippen LogP contribution in [0.15, 0.2) is 60.7 Å². The SMILES string of the molecule is CS[C]1[CH][CH][CH][C]1C(=O)[C]1[CH][CH][CH][C]1P(c1ccccc1)c1ccccc1.[B].[CH]1[CH][CH][CH][CH]1.[CH]1[CH][CH][CH][CH]1.[Fe+2].[Fe+2]. The summed E-state index contributed by atoms with van der Waals surface area (Å²) in [6.07, 6.45) is 34.0. The Morgan fingerprint density at radius 1 is 0.550 bits per heavy atom. The minimum Gasteiger partial charge on any atom is -0.298 e. The second kappa shape index (κ2) is 21.6. The number of carbonyl (C=O) groups excluding carboxylic acids is 1. The van der Waals surface area contributed by atoms with Crippen LogP contribution < -0.4 is 10.6 Å². The molecule has 0 unspecified atom stereocenters. The van der Waals surface area contributed by atoms with Gasteiger partial charge in [0.05, 0.1) is 11.8 Å². The smallest absolute Gasteiger partial charge is 0.298 e. The Bertz CT molecular complexity index is 846. The van der Waals surface area contributed by atoms with Crippen molar-refractivity contribution in [1.29, 1.82) is 0 Å². The van der Waals surface area contributed by atoms with Gasteiger partial charge in [-0.1, -0.05) is 60.7 Å². The first-order valence-electron chi connectivity index (χ1n) is 12.1. The Kier molecular flexibility index (Phi) is 20.6. The molecule has 4 aliphatic rings. The first kappa shape index (κ1) is 38.0. The molecule has 40 heavy (non-hydrogen) atoms. The van der Waals surface area contributed by atoms with Crippen LogP contribution in [-0.4, -0.2) is 20.5 Å². The minimum absolute atomic E-state index is 0. The van der Waals surface area contributed by atoms with Crippen LogP contribution in [0.2, 0.25) is 0 Å². The number of thioether (sulfide) groups is 1. The third-order valence-corrected chi connectivity index (χ3v) is 8.96. The summed E-state index contributed by atoms with van der Waals surface area (Å²) in [4.78, 5) is 13.3. The predicted octanol–water partition coefficient (Wildman–Crippen LogP) is 6.17. The van der Waals surface area contributed by atoms with Gasteiger partial charge in [-0.3, -0.25) is 4.79 Å². The zero-order valence-electron chi connectivity index (χ0n) is 22.1. The zero-order valence-corrected chi connectivity index (χ0v) is 26.0. The van der Waals surface area contributed by atoms with E-state index in [4.69, 9.17) is 0 Å². The van der Waals surface area contributed by atoms with Gasteiger partial charge in [-0.15, -0.1) is 0 Å². The summed E-state index contributed by atoms with van der Waals surface area (Å²) in [5, 5.41) is 3.55. The number of carbonyl (C=O) groups is 1. The van der Waals surface area contributed by atoms with Gasteiger partial charge in [0.15, 0.2) is 0 Å². The van der Waals surface area contributed by atoms with Gasteiger partial charge in [-0.2, -0.15) is 11.8 Å². The molecule has 4 aliphatic carbocycles. The molecule has 0 spiro atoms. The Hall–Kier alpha value is -0.00610. The molecular formula is C34H29BFe2OPS+4. The number of rotatable bonds is 6. The van der Waals surface area contributed by atoms with Crippen molar-refractivity contribution >= 4 is 44.5 Å². The van der Waals surface area contributed by atoms with Gasteiger partial charge in [-0.05, 0) is 128 Å². The summed E-state index contributed by atoms with van der Waals surface area (Å²) < 4.78 is 0. The van der Waals surface area contributed by atoms with Crippen molar-refractivity contribution < 1.29 is 38.9 Å². The maximum absolute atomic E-state index is 13.3. The van der Waals surface area contributed by atoms with Crippen molar-refractivity contribution in [2.45, 2.75) is 0 Å². The monoisotopic (exact) mass is 639 g/mol. The second-order valence-corrected chi connectivity index (χ2v) is 11.1. The van der Waals surface area contributed by atoms with E-state index >= 15 is 0 Å². The van der Waals surface area contributed by atoms with Crippen molar-refractivity contribution in [3.05, 3.63) is 186 Å². The van der Waals surface area contributed by atoms with Crippen molar-refractivity contribution in [3.63, 3.8) is 0 Å². The number of ketones is 1. The van der Waals surface area contributed by atoms with Gasteiger partial charge in [0.2, 0.25) is 0 Å². The number of benzene rings is 2. The maximum atomic E-state index is 13.3. The Morgan fingerprint density at radius 2 is 0.950 bits per heavy atom. The quantitative estimate of drug-likeness (QED) is 0.278. The molecular weight excluding hydrogens is 610 g/mol. The van der Waals surface area contributed by atoms with Crippen LogP contribution >= 0.6 is 19.7 Å². The molecule has 0 aromatic heterocycles. The summed E-state index contributed by atoms with van der Waals surface area (Å²) in [5.41, 5.74) is 1.13. The molecule has 4 fully saturated rings. The zero-order chi connectivity index (χ0) is 25.7.